The van der Waals surface area contributed by atoms with E-state index in [1.807, 2.05) is 22.9 Å². The molecule has 2 heterocycles. The molecular formula is C17H25Cl2N5O. The summed E-state index contributed by atoms with van der Waals surface area (Å²) < 4.78 is 1.82. The zero-order valence-electron chi connectivity index (χ0n) is 14.1. The fourth-order valence-corrected chi connectivity index (χ4v) is 3.31. The number of aromatic nitrogens is 3. The lowest BCUT2D eigenvalue weighted by Crippen LogP contribution is -2.36. The lowest BCUT2D eigenvalue weighted by Gasteiger charge is -2.35. The molecule has 0 aliphatic heterocycles. The van der Waals surface area contributed by atoms with E-state index < -0.39 is 0 Å². The van der Waals surface area contributed by atoms with Crippen LogP contribution in [-0.2, 0) is 4.79 Å². The first kappa shape index (κ1) is 21.4. The van der Waals surface area contributed by atoms with Gasteiger partial charge >= 0.3 is 0 Å². The van der Waals surface area contributed by atoms with E-state index >= 15 is 0 Å². The molecule has 3 N–H and O–H groups in total. The van der Waals surface area contributed by atoms with E-state index in [0.717, 1.165) is 18.7 Å². The van der Waals surface area contributed by atoms with Crippen LogP contribution in [0.3, 0.4) is 0 Å². The van der Waals surface area contributed by atoms with Gasteiger partial charge in [0.1, 0.15) is 12.1 Å². The van der Waals surface area contributed by atoms with Crippen molar-refractivity contribution in [3.05, 3.63) is 37.1 Å². The third kappa shape index (κ3) is 5.42. The maximum absolute atomic E-state index is 12.3. The van der Waals surface area contributed by atoms with Gasteiger partial charge in [-0.3, -0.25) is 9.36 Å². The second kappa shape index (κ2) is 9.75. The quantitative estimate of drug-likeness (QED) is 0.825. The number of nitrogens with two attached hydrogens (primary N) is 1. The van der Waals surface area contributed by atoms with Crippen molar-refractivity contribution in [2.24, 2.45) is 11.1 Å². The monoisotopic (exact) mass is 385 g/mol. The average Bonchev–Trinajstić information content (AvgIpc) is 3.11. The van der Waals surface area contributed by atoms with Gasteiger partial charge < -0.3 is 11.1 Å². The number of carbonyl (C=O) groups excluding carboxylic acids is 1. The number of amides is 1. The van der Waals surface area contributed by atoms with E-state index in [-0.39, 0.29) is 36.1 Å². The standard InChI is InChI=1S/C17H23N5O.2ClH/c18-12-17(6-2-1-3-7-17)10-16(23)21-14-4-5-15(20-11-14)22-9-8-19-13-22;;/h4-5,8-9,11,13H,1-3,6-7,10,12,18H2,(H,21,23);2*1H. The van der Waals surface area contributed by atoms with Crippen LogP contribution in [-0.4, -0.2) is 27.0 Å². The summed E-state index contributed by atoms with van der Waals surface area (Å²) in [7, 11) is 0. The van der Waals surface area contributed by atoms with Crippen LogP contribution in [0.4, 0.5) is 5.69 Å². The molecule has 6 nitrogen and oxygen atoms in total. The molecule has 0 aromatic carbocycles. The number of hydrogen-bond acceptors (Lipinski definition) is 4. The molecule has 1 aliphatic carbocycles. The lowest BCUT2D eigenvalue weighted by molar-refractivity contribution is -0.118. The summed E-state index contributed by atoms with van der Waals surface area (Å²) in [4.78, 5) is 20.7. The molecule has 3 rings (SSSR count). The van der Waals surface area contributed by atoms with E-state index in [2.05, 4.69) is 15.3 Å². The Labute approximate surface area is 160 Å². The lowest BCUT2D eigenvalue weighted by atomic mass is 9.71. The smallest absolute Gasteiger partial charge is 0.225 e. The molecule has 0 spiro atoms. The molecular weight excluding hydrogens is 361 g/mol. The second-order valence-corrected chi connectivity index (χ2v) is 6.36. The molecule has 25 heavy (non-hydrogen) atoms. The number of hydrogen-bond donors (Lipinski definition) is 2. The van der Waals surface area contributed by atoms with Crippen molar-refractivity contribution in [2.45, 2.75) is 38.5 Å². The van der Waals surface area contributed by atoms with Crippen LogP contribution in [0.5, 0.6) is 0 Å². The molecule has 0 unspecified atom stereocenters. The molecule has 0 radical (unpaired) electrons. The minimum atomic E-state index is -0.0213. The number of anilines is 1. The van der Waals surface area contributed by atoms with Gasteiger partial charge in [-0.15, -0.1) is 24.8 Å². The van der Waals surface area contributed by atoms with Crippen molar-refractivity contribution in [1.82, 2.24) is 14.5 Å². The average molecular weight is 386 g/mol. The summed E-state index contributed by atoms with van der Waals surface area (Å²) in [5, 5.41) is 2.94. The summed E-state index contributed by atoms with van der Waals surface area (Å²) in [5.74, 6) is 0.792. The Bertz CT molecular complexity index is 640. The molecule has 0 saturated heterocycles. The highest BCUT2D eigenvalue weighted by Gasteiger charge is 2.32. The molecule has 1 amide bonds. The SMILES string of the molecule is Cl.Cl.NCC1(CC(=O)Nc2ccc(-n3ccnc3)nc2)CCCCC1. The Hall–Kier alpha value is -1.63. The fraction of sp³-hybridized carbons (Fsp3) is 0.471. The number of rotatable bonds is 5. The third-order valence-electron chi connectivity index (χ3n) is 4.68. The topological polar surface area (TPSA) is 85.8 Å². The largest absolute Gasteiger partial charge is 0.330 e. The van der Waals surface area contributed by atoms with E-state index in [0.29, 0.717) is 18.7 Å². The van der Waals surface area contributed by atoms with Gasteiger partial charge in [0.2, 0.25) is 5.91 Å². The van der Waals surface area contributed by atoms with Gasteiger partial charge in [0, 0.05) is 18.8 Å². The second-order valence-electron chi connectivity index (χ2n) is 6.36. The maximum atomic E-state index is 12.3. The van der Waals surface area contributed by atoms with Crippen molar-refractivity contribution >= 4 is 36.4 Å². The number of carbonyl (C=O) groups is 1. The first-order chi connectivity index (χ1) is 11.2. The zero-order chi connectivity index (χ0) is 16.1. The highest BCUT2D eigenvalue weighted by Crippen LogP contribution is 2.38. The zero-order valence-corrected chi connectivity index (χ0v) is 15.7. The van der Waals surface area contributed by atoms with Crippen molar-refractivity contribution in [3.8, 4) is 5.82 Å². The summed E-state index contributed by atoms with van der Waals surface area (Å²) in [6.45, 7) is 0.582. The van der Waals surface area contributed by atoms with Crippen LogP contribution < -0.4 is 11.1 Å². The first-order valence-corrected chi connectivity index (χ1v) is 8.15. The van der Waals surface area contributed by atoms with Gasteiger partial charge in [-0.05, 0) is 36.9 Å². The molecule has 0 bridgehead atoms. The van der Waals surface area contributed by atoms with E-state index in [1.54, 1.807) is 18.7 Å². The molecule has 138 valence electrons. The molecule has 8 heteroatoms. The minimum absolute atomic E-state index is 0. The highest BCUT2D eigenvalue weighted by molar-refractivity contribution is 5.91. The number of nitrogens with one attached hydrogen (secondary N) is 1. The van der Waals surface area contributed by atoms with Crippen LogP contribution in [0.15, 0.2) is 37.1 Å². The summed E-state index contributed by atoms with van der Waals surface area (Å²) in [5.41, 5.74) is 6.64. The van der Waals surface area contributed by atoms with Crippen molar-refractivity contribution in [1.29, 1.82) is 0 Å². The van der Waals surface area contributed by atoms with Crippen molar-refractivity contribution in [2.75, 3.05) is 11.9 Å². The summed E-state index contributed by atoms with van der Waals surface area (Å²) in [6.07, 6.45) is 13.1. The van der Waals surface area contributed by atoms with Gasteiger partial charge in [0.15, 0.2) is 0 Å². The Balaban J connectivity index is 0.00000156. The first-order valence-electron chi connectivity index (χ1n) is 8.15. The number of imidazole rings is 1. The fourth-order valence-electron chi connectivity index (χ4n) is 3.31. The Morgan fingerprint density at radius 2 is 2.00 bits per heavy atom. The summed E-state index contributed by atoms with van der Waals surface area (Å²) in [6, 6.07) is 3.72. The minimum Gasteiger partial charge on any atom is -0.330 e. The summed E-state index contributed by atoms with van der Waals surface area (Å²) >= 11 is 0. The van der Waals surface area contributed by atoms with E-state index in [9.17, 15) is 4.79 Å². The van der Waals surface area contributed by atoms with Crippen LogP contribution in [0.2, 0.25) is 0 Å². The van der Waals surface area contributed by atoms with Crippen molar-refractivity contribution in [3.63, 3.8) is 0 Å². The Kier molecular flexibility index (Phi) is 8.35. The predicted octanol–water partition coefficient (Wildman–Crippen LogP) is 3.35. The Morgan fingerprint density at radius 1 is 1.24 bits per heavy atom. The van der Waals surface area contributed by atoms with Crippen LogP contribution in [0, 0.1) is 5.41 Å². The van der Waals surface area contributed by atoms with Gasteiger partial charge in [-0.25, -0.2) is 9.97 Å². The normalized spacial score (nSPS) is 15.6. The molecule has 2 aromatic rings. The van der Waals surface area contributed by atoms with Gasteiger partial charge in [0.25, 0.3) is 0 Å². The van der Waals surface area contributed by atoms with Crippen LogP contribution in [0.1, 0.15) is 38.5 Å². The van der Waals surface area contributed by atoms with E-state index in [1.165, 1.54) is 19.3 Å². The van der Waals surface area contributed by atoms with Gasteiger partial charge in [0.05, 0.1) is 11.9 Å². The molecule has 1 fully saturated rings. The number of pyridine rings is 1. The molecule has 2 aromatic heterocycles. The van der Waals surface area contributed by atoms with Gasteiger partial charge in [-0.1, -0.05) is 19.3 Å². The maximum Gasteiger partial charge on any atom is 0.225 e. The number of halogens is 2. The molecule has 0 atom stereocenters. The van der Waals surface area contributed by atoms with Crippen LogP contribution in [0.25, 0.3) is 5.82 Å². The van der Waals surface area contributed by atoms with E-state index in [4.69, 9.17) is 5.73 Å². The van der Waals surface area contributed by atoms with Crippen molar-refractivity contribution < 1.29 is 4.79 Å². The number of nitrogens with zero attached hydrogens (tertiary/aromatic N) is 3. The van der Waals surface area contributed by atoms with Gasteiger partial charge in [-0.2, -0.15) is 0 Å². The molecule has 1 aliphatic rings. The Morgan fingerprint density at radius 3 is 2.56 bits per heavy atom. The van der Waals surface area contributed by atoms with Crippen LogP contribution >= 0.6 is 24.8 Å². The highest BCUT2D eigenvalue weighted by atomic mass is 35.5. The predicted molar refractivity (Wildman–Crippen MR) is 104 cm³/mol. The molecule has 1 saturated carbocycles. The third-order valence-corrected chi connectivity index (χ3v) is 4.68.